The van der Waals surface area contributed by atoms with Crippen LogP contribution in [0.5, 0.6) is 5.75 Å². The Labute approximate surface area is 194 Å². The first kappa shape index (κ1) is 24.7. The summed E-state index contributed by atoms with van der Waals surface area (Å²) in [5, 5.41) is 2.96. The molecule has 178 valence electrons. The Morgan fingerprint density at radius 3 is 2.24 bits per heavy atom. The molecule has 0 atom stereocenters. The maximum Gasteiger partial charge on any atom is 0.338 e. The quantitative estimate of drug-likeness (QED) is 0.561. The normalized spacial score (nSPS) is 15.1. The van der Waals surface area contributed by atoms with Crippen LogP contribution in [0.15, 0.2) is 53.4 Å². The molecule has 0 unspecified atom stereocenters. The molecule has 1 aliphatic rings. The van der Waals surface area contributed by atoms with Crippen LogP contribution >= 0.6 is 0 Å². The number of rotatable bonds is 9. The van der Waals surface area contributed by atoms with Crippen LogP contribution in [0.1, 0.15) is 35.7 Å². The fraction of sp³-hybridized carbons (Fsp3) is 0.417. The second-order valence-electron chi connectivity index (χ2n) is 7.81. The van der Waals surface area contributed by atoms with E-state index < -0.39 is 16.0 Å². The minimum Gasteiger partial charge on any atom is -0.497 e. The van der Waals surface area contributed by atoms with Crippen molar-refractivity contribution in [3.05, 3.63) is 59.7 Å². The van der Waals surface area contributed by atoms with Gasteiger partial charge in [0.05, 0.1) is 24.2 Å². The van der Waals surface area contributed by atoms with Crippen molar-refractivity contribution in [1.29, 1.82) is 0 Å². The average Bonchev–Trinajstić information content (AvgIpc) is 2.84. The van der Waals surface area contributed by atoms with Gasteiger partial charge in [-0.1, -0.05) is 12.1 Å². The molecule has 0 bridgehead atoms. The number of sulfonamides is 1. The molecule has 9 heteroatoms. The second-order valence-corrected chi connectivity index (χ2v) is 9.75. The van der Waals surface area contributed by atoms with Gasteiger partial charge in [0, 0.05) is 25.6 Å². The summed E-state index contributed by atoms with van der Waals surface area (Å²) in [4.78, 5) is 24.4. The van der Waals surface area contributed by atoms with Gasteiger partial charge in [-0.2, -0.15) is 4.31 Å². The summed E-state index contributed by atoms with van der Waals surface area (Å²) in [5.74, 6) is 0.0533. The summed E-state index contributed by atoms with van der Waals surface area (Å²) in [5.41, 5.74) is 1.41. The van der Waals surface area contributed by atoms with Crippen LogP contribution in [0.3, 0.4) is 0 Å². The SMILES string of the molecule is CCOC(=O)c1ccc(S(=O)(=O)N2CCC(C(=O)NCCc3ccc(OC)cc3)CC2)cc1. The summed E-state index contributed by atoms with van der Waals surface area (Å²) < 4.78 is 37.4. The van der Waals surface area contributed by atoms with E-state index in [1.165, 1.54) is 28.6 Å². The molecule has 0 aliphatic carbocycles. The Morgan fingerprint density at radius 1 is 1.03 bits per heavy atom. The van der Waals surface area contributed by atoms with E-state index in [-0.39, 0.29) is 36.4 Å². The number of ether oxygens (including phenoxy) is 2. The van der Waals surface area contributed by atoms with Crippen molar-refractivity contribution in [2.75, 3.05) is 33.4 Å². The summed E-state index contributed by atoms with van der Waals surface area (Å²) in [7, 11) is -2.07. The van der Waals surface area contributed by atoms with Crippen molar-refractivity contribution in [1.82, 2.24) is 9.62 Å². The minimum atomic E-state index is -3.69. The van der Waals surface area contributed by atoms with Crippen molar-refractivity contribution in [2.24, 2.45) is 5.92 Å². The van der Waals surface area contributed by atoms with Crippen molar-refractivity contribution in [3.63, 3.8) is 0 Å². The van der Waals surface area contributed by atoms with Crippen LogP contribution < -0.4 is 10.1 Å². The third-order valence-corrected chi connectivity index (χ3v) is 7.61. The summed E-state index contributed by atoms with van der Waals surface area (Å²) >= 11 is 0. The van der Waals surface area contributed by atoms with Gasteiger partial charge >= 0.3 is 5.97 Å². The first-order valence-corrected chi connectivity index (χ1v) is 12.5. The van der Waals surface area contributed by atoms with Crippen molar-refractivity contribution in [3.8, 4) is 5.75 Å². The van der Waals surface area contributed by atoms with Gasteiger partial charge in [-0.25, -0.2) is 13.2 Å². The highest BCUT2D eigenvalue weighted by atomic mass is 32.2. The largest absolute Gasteiger partial charge is 0.497 e. The van der Waals surface area contributed by atoms with Crippen LogP contribution in [0.4, 0.5) is 0 Å². The number of amides is 1. The molecule has 8 nitrogen and oxygen atoms in total. The van der Waals surface area contributed by atoms with Crippen LogP contribution in [0, 0.1) is 5.92 Å². The van der Waals surface area contributed by atoms with Crippen molar-refractivity contribution in [2.45, 2.75) is 31.1 Å². The zero-order chi connectivity index (χ0) is 23.8. The average molecular weight is 475 g/mol. The van der Waals surface area contributed by atoms with Crippen LogP contribution in [0.25, 0.3) is 0 Å². The molecule has 1 aliphatic heterocycles. The molecule has 0 radical (unpaired) electrons. The minimum absolute atomic E-state index is 0.0423. The number of carbonyl (C=O) groups is 2. The maximum atomic E-state index is 12.9. The summed E-state index contributed by atoms with van der Waals surface area (Å²) in [6, 6.07) is 13.4. The molecule has 0 spiro atoms. The first-order valence-electron chi connectivity index (χ1n) is 11.0. The van der Waals surface area contributed by atoms with Gasteiger partial charge in [0.25, 0.3) is 0 Å². The van der Waals surface area contributed by atoms with Gasteiger partial charge in [0.1, 0.15) is 5.75 Å². The van der Waals surface area contributed by atoms with E-state index >= 15 is 0 Å². The maximum absolute atomic E-state index is 12.9. The number of nitrogens with one attached hydrogen (secondary N) is 1. The van der Waals surface area contributed by atoms with Gasteiger partial charge in [0.15, 0.2) is 0 Å². The Bertz CT molecular complexity index is 1040. The Balaban J connectivity index is 1.48. The number of esters is 1. The molecular weight excluding hydrogens is 444 g/mol. The molecule has 2 aromatic rings. The zero-order valence-corrected chi connectivity index (χ0v) is 19.8. The first-order chi connectivity index (χ1) is 15.8. The monoisotopic (exact) mass is 474 g/mol. The number of carbonyl (C=O) groups excluding carboxylic acids is 2. The number of hydrogen-bond acceptors (Lipinski definition) is 6. The molecule has 1 amide bonds. The fourth-order valence-electron chi connectivity index (χ4n) is 3.75. The van der Waals surface area contributed by atoms with Crippen molar-refractivity contribution < 1.29 is 27.5 Å². The molecule has 33 heavy (non-hydrogen) atoms. The van der Waals surface area contributed by atoms with Gasteiger partial charge < -0.3 is 14.8 Å². The van der Waals surface area contributed by atoms with Gasteiger partial charge in [-0.15, -0.1) is 0 Å². The van der Waals surface area contributed by atoms with E-state index in [9.17, 15) is 18.0 Å². The molecule has 0 saturated carbocycles. The number of methoxy groups -OCH3 is 1. The third kappa shape index (κ3) is 6.33. The van der Waals surface area contributed by atoms with E-state index in [0.29, 0.717) is 31.4 Å². The van der Waals surface area contributed by atoms with E-state index in [1.807, 2.05) is 24.3 Å². The van der Waals surface area contributed by atoms with Crippen LogP contribution in [-0.2, 0) is 26.0 Å². The lowest BCUT2D eigenvalue weighted by molar-refractivity contribution is -0.126. The Kier molecular flexibility index (Phi) is 8.46. The topological polar surface area (TPSA) is 102 Å². The van der Waals surface area contributed by atoms with Gasteiger partial charge in [-0.05, 0) is 68.1 Å². The smallest absolute Gasteiger partial charge is 0.338 e. The number of hydrogen-bond donors (Lipinski definition) is 1. The van der Waals surface area contributed by atoms with E-state index in [2.05, 4.69) is 5.32 Å². The highest BCUT2D eigenvalue weighted by molar-refractivity contribution is 7.89. The Hall–Kier alpha value is -2.91. The van der Waals surface area contributed by atoms with E-state index in [1.54, 1.807) is 14.0 Å². The van der Waals surface area contributed by atoms with Crippen molar-refractivity contribution >= 4 is 21.9 Å². The Morgan fingerprint density at radius 2 is 1.67 bits per heavy atom. The van der Waals surface area contributed by atoms with Gasteiger partial charge in [-0.3, -0.25) is 4.79 Å². The molecule has 2 aromatic carbocycles. The van der Waals surface area contributed by atoms with E-state index in [0.717, 1.165) is 11.3 Å². The highest BCUT2D eigenvalue weighted by Gasteiger charge is 2.32. The molecule has 1 fully saturated rings. The zero-order valence-electron chi connectivity index (χ0n) is 19.0. The standard InChI is InChI=1S/C24H30N2O6S/c1-3-32-24(28)20-6-10-22(11-7-20)33(29,30)26-16-13-19(14-17-26)23(27)25-15-12-18-4-8-21(31-2)9-5-18/h4-11,19H,3,12-17H2,1-2H3,(H,25,27). The lowest BCUT2D eigenvalue weighted by atomic mass is 9.97. The van der Waals surface area contributed by atoms with Gasteiger partial charge in [0.2, 0.25) is 15.9 Å². The predicted octanol–water partition coefficient (Wildman–Crippen LogP) is 2.63. The molecule has 3 rings (SSSR count). The number of piperidine rings is 1. The molecule has 1 N–H and O–H groups in total. The predicted molar refractivity (Wildman–Crippen MR) is 124 cm³/mol. The molecule has 1 heterocycles. The van der Waals surface area contributed by atoms with Crippen LogP contribution in [0.2, 0.25) is 0 Å². The molecular formula is C24H30N2O6S. The lowest BCUT2D eigenvalue weighted by Gasteiger charge is -2.30. The lowest BCUT2D eigenvalue weighted by Crippen LogP contribution is -2.43. The summed E-state index contributed by atoms with van der Waals surface area (Å²) in [6.45, 7) is 3.04. The molecule has 1 saturated heterocycles. The van der Waals surface area contributed by atoms with Crippen LogP contribution in [-0.4, -0.2) is 58.0 Å². The fourth-order valence-corrected chi connectivity index (χ4v) is 5.22. The summed E-state index contributed by atoms with van der Waals surface area (Å²) in [6.07, 6.45) is 1.65. The number of nitrogens with zero attached hydrogens (tertiary/aromatic N) is 1. The van der Waals surface area contributed by atoms with E-state index in [4.69, 9.17) is 9.47 Å². The second kappa shape index (κ2) is 11.3. The third-order valence-electron chi connectivity index (χ3n) is 5.70. The molecule has 0 aromatic heterocycles. The number of benzene rings is 2. The highest BCUT2D eigenvalue weighted by Crippen LogP contribution is 2.24.